The zero-order valence-corrected chi connectivity index (χ0v) is 17.9. The van der Waals surface area contributed by atoms with E-state index in [0.29, 0.717) is 22.5 Å². The molecule has 0 bridgehead atoms. The number of benzene rings is 1. The molecule has 160 valence electrons. The van der Waals surface area contributed by atoms with Crippen LogP contribution in [0.3, 0.4) is 0 Å². The molecule has 8 heteroatoms. The van der Waals surface area contributed by atoms with Crippen LogP contribution in [-0.2, 0) is 11.8 Å². The summed E-state index contributed by atoms with van der Waals surface area (Å²) in [4.78, 5) is 32.3. The van der Waals surface area contributed by atoms with Gasteiger partial charge in [-0.25, -0.2) is 0 Å². The number of aliphatic imine (C=N–C) groups is 1. The number of fused-ring (bicyclic) bond motifs is 2. The number of nitrogens with zero attached hydrogens (tertiary/aromatic N) is 2. The van der Waals surface area contributed by atoms with Crippen molar-refractivity contribution in [3.8, 4) is 16.9 Å². The summed E-state index contributed by atoms with van der Waals surface area (Å²) in [6.07, 6.45) is 6.02. The lowest BCUT2D eigenvalue weighted by atomic mass is 9.94. The first kappa shape index (κ1) is 20.5. The van der Waals surface area contributed by atoms with Gasteiger partial charge < -0.3 is 25.3 Å². The smallest absolute Gasteiger partial charge is 0.274 e. The maximum absolute atomic E-state index is 12.6. The predicted octanol–water partition coefficient (Wildman–Crippen LogP) is 2.89. The molecule has 3 heterocycles. The number of hydrogen-bond donors (Lipinski definition) is 3. The number of carbonyl (C=O) groups excluding carboxylic acids is 1. The number of hydrogen-bond acceptors (Lipinski definition) is 5. The second-order valence-corrected chi connectivity index (χ2v) is 7.91. The van der Waals surface area contributed by atoms with Crippen molar-refractivity contribution in [3.63, 3.8) is 0 Å². The fourth-order valence-electron chi connectivity index (χ4n) is 3.88. The molecule has 1 aliphatic heterocycles. The van der Waals surface area contributed by atoms with Gasteiger partial charge in [-0.2, -0.15) is 0 Å². The van der Waals surface area contributed by atoms with Crippen LogP contribution in [0.2, 0.25) is 0 Å². The Morgan fingerprint density at radius 1 is 1.29 bits per heavy atom. The highest BCUT2D eigenvalue weighted by molar-refractivity contribution is 6.12. The Labute approximate surface area is 179 Å². The lowest BCUT2D eigenvalue weighted by Crippen LogP contribution is -2.40. The molecular weight excluding hydrogens is 394 g/mol. The van der Waals surface area contributed by atoms with Crippen molar-refractivity contribution >= 4 is 34.3 Å². The molecule has 4 rings (SSSR count). The Hall–Kier alpha value is -3.81. The average molecular weight is 419 g/mol. The molecule has 8 nitrogen and oxygen atoms in total. The summed E-state index contributed by atoms with van der Waals surface area (Å²) in [5.41, 5.74) is 9.80. The van der Waals surface area contributed by atoms with Gasteiger partial charge in [0, 0.05) is 61.0 Å². The minimum Gasteiger partial charge on any atom is -0.477 e. The minimum atomic E-state index is -0.618. The van der Waals surface area contributed by atoms with Crippen LogP contribution in [-0.4, -0.2) is 34.8 Å². The lowest BCUT2D eigenvalue weighted by Gasteiger charge is -2.30. The van der Waals surface area contributed by atoms with Crippen molar-refractivity contribution in [2.75, 3.05) is 12.4 Å². The monoisotopic (exact) mass is 419 g/mol. The number of amides is 1. The zero-order chi connectivity index (χ0) is 22.3. The topological polar surface area (TPSA) is 114 Å². The molecule has 1 amide bonds. The van der Waals surface area contributed by atoms with E-state index in [1.54, 1.807) is 32.7 Å². The highest BCUT2D eigenvalue weighted by Crippen LogP contribution is 2.44. The van der Waals surface area contributed by atoms with Crippen LogP contribution in [0, 0.1) is 5.92 Å². The standard InChI is InChI=1S/C23H25N5O3/c1-12(2)20-22(29)27-18-8-13(14(9-24)10-25-3)7-16(21(18)31-20)17-11-28(4)23(30)19-15(17)5-6-26-19/h5-12,20,26H,24H2,1-4H3,(H,27,29). The van der Waals surface area contributed by atoms with Crippen LogP contribution < -0.4 is 21.3 Å². The fraction of sp³-hybridized carbons (Fsp3) is 0.261. The maximum atomic E-state index is 12.6. The molecule has 0 saturated carbocycles. The van der Waals surface area contributed by atoms with E-state index >= 15 is 0 Å². The summed E-state index contributed by atoms with van der Waals surface area (Å²) in [6, 6.07) is 5.63. The molecular formula is C23H25N5O3. The number of aryl methyl sites for hydroxylation is 1. The molecule has 1 unspecified atom stereocenters. The number of carbonyl (C=O) groups is 1. The van der Waals surface area contributed by atoms with E-state index in [-0.39, 0.29) is 17.4 Å². The maximum Gasteiger partial charge on any atom is 0.274 e. The molecule has 4 N–H and O–H groups in total. The van der Waals surface area contributed by atoms with Crippen LogP contribution in [0.1, 0.15) is 19.4 Å². The summed E-state index contributed by atoms with van der Waals surface area (Å²) < 4.78 is 7.75. The number of rotatable bonds is 4. The molecule has 31 heavy (non-hydrogen) atoms. The number of nitrogens with two attached hydrogens (primary N) is 1. The number of aromatic nitrogens is 2. The van der Waals surface area contributed by atoms with Crippen LogP contribution in [0.4, 0.5) is 5.69 Å². The molecule has 2 aromatic heterocycles. The highest BCUT2D eigenvalue weighted by atomic mass is 16.5. The molecule has 0 spiro atoms. The second-order valence-electron chi connectivity index (χ2n) is 7.91. The van der Waals surface area contributed by atoms with E-state index in [1.807, 2.05) is 32.0 Å². The number of aromatic amines is 1. The Morgan fingerprint density at radius 2 is 2.06 bits per heavy atom. The fourth-order valence-corrected chi connectivity index (χ4v) is 3.88. The normalized spacial score (nSPS) is 16.6. The van der Waals surface area contributed by atoms with Crippen molar-refractivity contribution < 1.29 is 9.53 Å². The number of nitrogens with one attached hydrogen (secondary N) is 2. The second kappa shape index (κ2) is 7.79. The average Bonchev–Trinajstić information content (AvgIpc) is 3.23. The first-order chi connectivity index (χ1) is 14.8. The van der Waals surface area contributed by atoms with Gasteiger partial charge in [-0.15, -0.1) is 0 Å². The third kappa shape index (κ3) is 3.39. The van der Waals surface area contributed by atoms with Crippen molar-refractivity contribution in [2.24, 2.45) is 23.7 Å². The SMILES string of the molecule is CN=CC(=CN)c1cc2c(c(-c3cn(C)c(=O)c4[nH]ccc34)c1)OC(C(C)C)C(=O)N2. The van der Waals surface area contributed by atoms with Crippen molar-refractivity contribution in [1.82, 2.24) is 9.55 Å². The van der Waals surface area contributed by atoms with Crippen molar-refractivity contribution in [3.05, 3.63) is 52.7 Å². The van der Waals surface area contributed by atoms with E-state index in [1.165, 1.54) is 10.8 Å². The van der Waals surface area contributed by atoms with Gasteiger partial charge in [-0.1, -0.05) is 13.8 Å². The van der Waals surface area contributed by atoms with E-state index in [9.17, 15) is 9.59 Å². The van der Waals surface area contributed by atoms with Gasteiger partial charge in [0.05, 0.1) is 5.69 Å². The van der Waals surface area contributed by atoms with E-state index in [0.717, 1.165) is 22.1 Å². The molecule has 1 aliphatic rings. The molecule has 0 radical (unpaired) electrons. The highest BCUT2D eigenvalue weighted by Gasteiger charge is 2.33. The van der Waals surface area contributed by atoms with Crippen LogP contribution >= 0.6 is 0 Å². The third-order valence-corrected chi connectivity index (χ3v) is 5.42. The largest absolute Gasteiger partial charge is 0.477 e. The molecule has 3 aromatic rings. The lowest BCUT2D eigenvalue weighted by molar-refractivity contribution is -0.125. The van der Waals surface area contributed by atoms with E-state index in [2.05, 4.69) is 15.3 Å². The van der Waals surface area contributed by atoms with E-state index in [4.69, 9.17) is 10.5 Å². The quantitative estimate of drug-likeness (QED) is 0.564. The third-order valence-electron chi connectivity index (χ3n) is 5.42. The summed E-state index contributed by atoms with van der Waals surface area (Å²) in [6.45, 7) is 3.87. The summed E-state index contributed by atoms with van der Waals surface area (Å²) in [5, 5.41) is 3.75. The van der Waals surface area contributed by atoms with Gasteiger partial charge in [0.15, 0.2) is 11.9 Å². The zero-order valence-electron chi connectivity index (χ0n) is 17.9. The Bertz CT molecular complexity index is 1300. The molecule has 0 fully saturated rings. The number of ether oxygens (including phenoxy) is 1. The molecule has 0 aliphatic carbocycles. The first-order valence-corrected chi connectivity index (χ1v) is 10.0. The number of pyridine rings is 1. The van der Waals surface area contributed by atoms with Gasteiger partial charge in [-0.05, 0) is 29.7 Å². The number of H-pyrrole nitrogens is 1. The number of anilines is 1. The molecule has 1 atom stereocenters. The van der Waals surface area contributed by atoms with Crippen molar-refractivity contribution in [2.45, 2.75) is 20.0 Å². The van der Waals surface area contributed by atoms with Gasteiger partial charge in [0.25, 0.3) is 11.5 Å². The van der Waals surface area contributed by atoms with Gasteiger partial charge in [0.2, 0.25) is 0 Å². The van der Waals surface area contributed by atoms with Gasteiger partial charge in [-0.3, -0.25) is 14.6 Å². The van der Waals surface area contributed by atoms with E-state index < -0.39 is 6.10 Å². The van der Waals surface area contributed by atoms with Crippen LogP contribution in [0.5, 0.6) is 5.75 Å². The Balaban J connectivity index is 2.05. The first-order valence-electron chi connectivity index (χ1n) is 10.0. The predicted molar refractivity (Wildman–Crippen MR) is 123 cm³/mol. The Morgan fingerprint density at radius 3 is 2.74 bits per heavy atom. The van der Waals surface area contributed by atoms with Gasteiger partial charge >= 0.3 is 0 Å². The summed E-state index contributed by atoms with van der Waals surface area (Å²) in [5.74, 6) is 0.355. The Kier molecular flexibility index (Phi) is 5.14. The van der Waals surface area contributed by atoms with Crippen LogP contribution in [0.25, 0.3) is 27.6 Å². The summed E-state index contributed by atoms with van der Waals surface area (Å²) in [7, 11) is 3.37. The summed E-state index contributed by atoms with van der Waals surface area (Å²) >= 11 is 0. The molecule has 0 saturated heterocycles. The van der Waals surface area contributed by atoms with Crippen LogP contribution in [0.15, 0.2) is 46.6 Å². The minimum absolute atomic E-state index is 0.0141. The van der Waals surface area contributed by atoms with Gasteiger partial charge in [0.1, 0.15) is 5.52 Å². The molecule has 1 aromatic carbocycles. The number of allylic oxidation sites excluding steroid dienone is 1. The van der Waals surface area contributed by atoms with Crippen molar-refractivity contribution in [1.29, 1.82) is 0 Å².